The molecule has 3 heteroatoms. The Hall–Kier alpha value is -0.253. The van der Waals surface area contributed by atoms with E-state index in [0.717, 1.165) is 4.90 Å². The molecule has 0 aliphatic carbocycles. The van der Waals surface area contributed by atoms with Gasteiger partial charge in [0.25, 0.3) is 0 Å². The highest BCUT2D eigenvalue weighted by Crippen LogP contribution is 2.38. The summed E-state index contributed by atoms with van der Waals surface area (Å²) in [5.41, 5.74) is 1.32. The molecule has 0 saturated carbocycles. The standard InChI is InChI=1S/C13H22OSSi/c1-13(2,3)12(14-16(4)5)10-8-6-7-9-11(10)15/h6-9,12,15-16H,1-5H3. The van der Waals surface area contributed by atoms with Gasteiger partial charge in [-0.2, -0.15) is 0 Å². The van der Waals surface area contributed by atoms with E-state index in [4.69, 9.17) is 4.43 Å². The van der Waals surface area contributed by atoms with E-state index in [2.05, 4.69) is 58.6 Å². The van der Waals surface area contributed by atoms with Gasteiger partial charge >= 0.3 is 0 Å². The molecule has 0 radical (unpaired) electrons. The van der Waals surface area contributed by atoms with Crippen molar-refractivity contribution < 1.29 is 4.43 Å². The van der Waals surface area contributed by atoms with Crippen LogP contribution >= 0.6 is 12.6 Å². The van der Waals surface area contributed by atoms with Crippen LogP contribution in [0.1, 0.15) is 32.4 Å². The second-order valence-electron chi connectivity index (χ2n) is 5.49. The zero-order chi connectivity index (χ0) is 12.3. The molecule has 16 heavy (non-hydrogen) atoms. The zero-order valence-electron chi connectivity index (χ0n) is 10.8. The Bertz CT molecular complexity index is 344. The number of thiol groups is 1. The first kappa shape index (κ1) is 13.8. The summed E-state index contributed by atoms with van der Waals surface area (Å²) in [6.45, 7) is 11.1. The third-order valence-electron chi connectivity index (χ3n) is 2.41. The third kappa shape index (κ3) is 3.65. The molecule has 0 aliphatic heterocycles. The summed E-state index contributed by atoms with van der Waals surface area (Å²) in [6, 6.07) is 8.22. The van der Waals surface area contributed by atoms with Crippen molar-refractivity contribution in [2.24, 2.45) is 5.41 Å². The molecular weight excluding hydrogens is 232 g/mol. The molecular formula is C13H22OSSi. The van der Waals surface area contributed by atoms with Crippen LogP contribution in [0.4, 0.5) is 0 Å². The maximum Gasteiger partial charge on any atom is 0.171 e. The lowest BCUT2D eigenvalue weighted by Gasteiger charge is -2.33. The molecule has 1 atom stereocenters. The molecule has 0 amide bonds. The number of rotatable bonds is 3. The summed E-state index contributed by atoms with van der Waals surface area (Å²) in [7, 11) is -1.05. The lowest BCUT2D eigenvalue weighted by Crippen LogP contribution is -2.26. The first-order valence-corrected chi connectivity index (χ1v) is 8.98. The summed E-state index contributed by atoms with van der Waals surface area (Å²) < 4.78 is 6.17. The molecule has 0 spiro atoms. The summed E-state index contributed by atoms with van der Waals surface area (Å²) in [6.07, 6.45) is 0.146. The van der Waals surface area contributed by atoms with Crippen LogP contribution < -0.4 is 0 Å². The van der Waals surface area contributed by atoms with Crippen molar-refractivity contribution in [3.8, 4) is 0 Å². The lowest BCUT2D eigenvalue weighted by atomic mass is 9.85. The molecule has 0 fully saturated rings. The molecule has 0 heterocycles. The minimum absolute atomic E-state index is 0.107. The largest absolute Gasteiger partial charge is 0.413 e. The Morgan fingerprint density at radius 1 is 1.19 bits per heavy atom. The highest BCUT2D eigenvalue weighted by Gasteiger charge is 2.28. The molecule has 1 unspecified atom stereocenters. The number of hydrogen-bond donors (Lipinski definition) is 1. The molecule has 90 valence electrons. The second kappa shape index (κ2) is 5.39. The van der Waals surface area contributed by atoms with Gasteiger partial charge in [-0.05, 0) is 30.1 Å². The van der Waals surface area contributed by atoms with Gasteiger partial charge < -0.3 is 4.43 Å². The van der Waals surface area contributed by atoms with Gasteiger partial charge in [-0.3, -0.25) is 0 Å². The Morgan fingerprint density at radius 2 is 1.75 bits per heavy atom. The molecule has 0 bridgehead atoms. The third-order valence-corrected chi connectivity index (χ3v) is 3.64. The first-order valence-electron chi connectivity index (χ1n) is 5.75. The van der Waals surface area contributed by atoms with Crippen LogP contribution in [0, 0.1) is 5.41 Å². The normalized spacial score (nSPS) is 14.2. The highest BCUT2D eigenvalue weighted by atomic mass is 32.1. The van der Waals surface area contributed by atoms with E-state index in [0.29, 0.717) is 0 Å². The van der Waals surface area contributed by atoms with Gasteiger partial charge in [0, 0.05) is 4.90 Å². The van der Waals surface area contributed by atoms with Gasteiger partial charge in [0.1, 0.15) is 0 Å². The van der Waals surface area contributed by atoms with Crippen LogP contribution in [0.25, 0.3) is 0 Å². The molecule has 0 aromatic heterocycles. The molecule has 0 saturated heterocycles. The monoisotopic (exact) mass is 254 g/mol. The average Bonchev–Trinajstić information content (AvgIpc) is 2.13. The van der Waals surface area contributed by atoms with Crippen LogP contribution in [-0.4, -0.2) is 9.04 Å². The second-order valence-corrected chi connectivity index (χ2v) is 8.34. The zero-order valence-corrected chi connectivity index (χ0v) is 12.9. The number of hydrogen-bond acceptors (Lipinski definition) is 2. The fraction of sp³-hybridized carbons (Fsp3) is 0.538. The van der Waals surface area contributed by atoms with Crippen LogP contribution in [-0.2, 0) is 4.43 Å². The van der Waals surface area contributed by atoms with Gasteiger partial charge in [0.15, 0.2) is 9.04 Å². The van der Waals surface area contributed by atoms with Crippen molar-refractivity contribution in [2.45, 2.75) is 44.9 Å². The Morgan fingerprint density at radius 3 is 2.19 bits per heavy atom. The Balaban J connectivity index is 3.07. The van der Waals surface area contributed by atoms with Gasteiger partial charge in [-0.15, -0.1) is 12.6 Å². The van der Waals surface area contributed by atoms with E-state index >= 15 is 0 Å². The van der Waals surface area contributed by atoms with Crippen molar-refractivity contribution in [3.63, 3.8) is 0 Å². The van der Waals surface area contributed by atoms with E-state index in [1.807, 2.05) is 12.1 Å². The van der Waals surface area contributed by atoms with Gasteiger partial charge in [0.2, 0.25) is 0 Å². The fourth-order valence-corrected chi connectivity index (χ4v) is 3.10. The quantitative estimate of drug-likeness (QED) is 0.632. The van der Waals surface area contributed by atoms with E-state index < -0.39 is 9.04 Å². The Kier molecular flexibility index (Phi) is 4.65. The maximum absolute atomic E-state index is 6.17. The van der Waals surface area contributed by atoms with Gasteiger partial charge in [0.05, 0.1) is 6.10 Å². The van der Waals surface area contributed by atoms with Crippen LogP contribution in [0.15, 0.2) is 29.2 Å². The van der Waals surface area contributed by atoms with E-state index in [-0.39, 0.29) is 11.5 Å². The minimum Gasteiger partial charge on any atom is -0.413 e. The molecule has 1 aromatic rings. The van der Waals surface area contributed by atoms with Crippen LogP contribution in [0.2, 0.25) is 13.1 Å². The predicted octanol–water partition coefficient (Wildman–Crippen LogP) is 4.06. The summed E-state index contributed by atoms with van der Waals surface area (Å²) in [5, 5.41) is 0. The van der Waals surface area contributed by atoms with Crippen molar-refractivity contribution in [1.29, 1.82) is 0 Å². The van der Waals surface area contributed by atoms with E-state index in [1.54, 1.807) is 0 Å². The van der Waals surface area contributed by atoms with Gasteiger partial charge in [-0.25, -0.2) is 0 Å². The highest BCUT2D eigenvalue weighted by molar-refractivity contribution is 7.80. The number of benzene rings is 1. The smallest absolute Gasteiger partial charge is 0.171 e. The minimum atomic E-state index is -1.05. The SMILES string of the molecule is C[SiH](C)OC(c1ccccc1S)C(C)(C)C. The van der Waals surface area contributed by atoms with Crippen LogP contribution in [0.3, 0.4) is 0 Å². The molecule has 1 aromatic carbocycles. The molecule has 0 N–H and O–H groups in total. The van der Waals surface area contributed by atoms with E-state index in [1.165, 1.54) is 5.56 Å². The van der Waals surface area contributed by atoms with E-state index in [9.17, 15) is 0 Å². The fourth-order valence-electron chi connectivity index (χ4n) is 1.73. The summed E-state index contributed by atoms with van der Waals surface area (Å²) >= 11 is 4.53. The van der Waals surface area contributed by atoms with Crippen molar-refractivity contribution >= 4 is 21.7 Å². The molecule has 1 rings (SSSR count). The first-order chi connectivity index (χ1) is 7.32. The van der Waals surface area contributed by atoms with Crippen molar-refractivity contribution in [2.75, 3.05) is 0 Å². The molecule has 1 nitrogen and oxygen atoms in total. The average molecular weight is 254 g/mol. The maximum atomic E-state index is 6.17. The topological polar surface area (TPSA) is 9.23 Å². The Labute approximate surface area is 106 Å². The summed E-state index contributed by atoms with van der Waals surface area (Å²) in [5.74, 6) is 0. The van der Waals surface area contributed by atoms with Crippen molar-refractivity contribution in [1.82, 2.24) is 0 Å². The predicted molar refractivity (Wildman–Crippen MR) is 75.9 cm³/mol. The van der Waals surface area contributed by atoms with Crippen molar-refractivity contribution in [3.05, 3.63) is 29.8 Å². The molecule has 0 aliphatic rings. The van der Waals surface area contributed by atoms with Gasteiger partial charge in [-0.1, -0.05) is 39.0 Å². The lowest BCUT2D eigenvalue weighted by molar-refractivity contribution is 0.0843. The summed E-state index contributed by atoms with van der Waals surface area (Å²) in [4.78, 5) is 1.03. The van der Waals surface area contributed by atoms with Crippen LogP contribution in [0.5, 0.6) is 0 Å².